The van der Waals surface area contributed by atoms with E-state index in [0.717, 1.165) is 26.1 Å². The quantitative estimate of drug-likeness (QED) is 0.745. The summed E-state index contributed by atoms with van der Waals surface area (Å²) in [6.45, 7) is 13.7. The van der Waals surface area contributed by atoms with Crippen molar-refractivity contribution < 1.29 is 9.22 Å². The van der Waals surface area contributed by atoms with Crippen molar-refractivity contribution in [1.82, 2.24) is 4.90 Å². The van der Waals surface area contributed by atoms with Gasteiger partial charge in [0.15, 0.2) is 8.32 Å². The number of likely N-dealkylation sites (tertiary alicyclic amines) is 1. The number of benzene rings is 1. The number of piperidine rings is 1. The lowest BCUT2D eigenvalue weighted by Gasteiger charge is -2.39. The highest BCUT2D eigenvalue weighted by molar-refractivity contribution is 6.74. The number of carbonyl (C=O) groups excluding carboxylic acids is 1. The van der Waals surface area contributed by atoms with Crippen LogP contribution in [0.5, 0.6) is 0 Å². The average molecular weight is 334 g/mol. The fraction of sp³-hybridized carbons (Fsp3) is 0.632. The summed E-state index contributed by atoms with van der Waals surface area (Å²) < 4.78 is 6.37. The molecule has 1 atom stereocenters. The van der Waals surface area contributed by atoms with Gasteiger partial charge in [0.05, 0.1) is 0 Å². The molecule has 0 aliphatic carbocycles. The summed E-state index contributed by atoms with van der Waals surface area (Å²) in [6.07, 6.45) is 1.61. The second-order valence-corrected chi connectivity index (χ2v) is 13.0. The van der Waals surface area contributed by atoms with E-state index in [1.807, 2.05) is 23.1 Å². The van der Waals surface area contributed by atoms with Crippen LogP contribution < -0.4 is 0 Å². The van der Waals surface area contributed by atoms with Crippen LogP contribution in [0.25, 0.3) is 0 Å². The molecular formula is C19H31NO2Si. The molecule has 0 radical (unpaired) electrons. The van der Waals surface area contributed by atoms with Crippen LogP contribution in [0, 0.1) is 5.92 Å². The van der Waals surface area contributed by atoms with Crippen LogP contribution in [-0.2, 0) is 15.8 Å². The zero-order valence-electron chi connectivity index (χ0n) is 15.3. The minimum atomic E-state index is -1.71. The van der Waals surface area contributed by atoms with Gasteiger partial charge >= 0.3 is 0 Å². The summed E-state index contributed by atoms with van der Waals surface area (Å²) in [5.74, 6) is 0.739. The maximum atomic E-state index is 12.2. The molecule has 2 rings (SSSR count). The Bertz CT molecular complexity index is 522. The molecule has 23 heavy (non-hydrogen) atoms. The molecule has 4 heteroatoms. The Hall–Kier alpha value is -1.13. The van der Waals surface area contributed by atoms with E-state index in [-0.39, 0.29) is 10.9 Å². The fourth-order valence-corrected chi connectivity index (χ4v) is 3.71. The van der Waals surface area contributed by atoms with E-state index in [9.17, 15) is 4.79 Å². The van der Waals surface area contributed by atoms with Crippen molar-refractivity contribution in [2.75, 3.05) is 13.2 Å². The third-order valence-electron chi connectivity index (χ3n) is 5.30. The smallest absolute Gasteiger partial charge is 0.222 e. The van der Waals surface area contributed by atoms with Gasteiger partial charge in [-0.15, -0.1) is 0 Å². The van der Waals surface area contributed by atoms with E-state index in [1.54, 1.807) is 0 Å². The lowest BCUT2D eigenvalue weighted by Crippen LogP contribution is -2.45. The second kappa shape index (κ2) is 7.18. The standard InChI is InChI=1S/C19H31NO2Si/c1-19(2,3)23(4,5)22-15-17-11-12-18(21)20(14-17)13-16-9-7-6-8-10-16/h6-10,17H,11-15H2,1-5H3. The predicted molar refractivity (Wildman–Crippen MR) is 97.7 cm³/mol. The first-order chi connectivity index (χ1) is 10.7. The first-order valence-corrected chi connectivity index (χ1v) is 11.6. The monoisotopic (exact) mass is 333 g/mol. The molecule has 0 spiro atoms. The molecule has 1 fully saturated rings. The molecule has 1 unspecified atom stereocenters. The van der Waals surface area contributed by atoms with E-state index >= 15 is 0 Å². The SMILES string of the molecule is CC(C)(C)[Si](C)(C)OCC1CCC(=O)N(Cc2ccccc2)C1. The minimum absolute atomic E-state index is 0.237. The Morgan fingerprint density at radius 2 is 1.87 bits per heavy atom. The molecule has 0 aromatic heterocycles. The number of carbonyl (C=O) groups is 1. The van der Waals surface area contributed by atoms with Gasteiger partial charge in [0.2, 0.25) is 5.91 Å². The van der Waals surface area contributed by atoms with Gasteiger partial charge in [-0.1, -0.05) is 51.1 Å². The van der Waals surface area contributed by atoms with Gasteiger partial charge < -0.3 is 9.33 Å². The van der Waals surface area contributed by atoms with Gasteiger partial charge in [0.25, 0.3) is 0 Å². The molecule has 0 saturated carbocycles. The fourth-order valence-electron chi connectivity index (χ4n) is 2.63. The van der Waals surface area contributed by atoms with Crippen molar-refractivity contribution in [1.29, 1.82) is 0 Å². The molecular weight excluding hydrogens is 302 g/mol. The summed E-state index contributed by atoms with van der Waals surface area (Å²) in [7, 11) is -1.71. The van der Waals surface area contributed by atoms with E-state index < -0.39 is 8.32 Å². The minimum Gasteiger partial charge on any atom is -0.416 e. The lowest BCUT2D eigenvalue weighted by atomic mass is 9.98. The Morgan fingerprint density at radius 1 is 1.22 bits per heavy atom. The predicted octanol–water partition coefficient (Wildman–Crippen LogP) is 4.45. The second-order valence-electron chi connectivity index (χ2n) is 8.24. The van der Waals surface area contributed by atoms with Crippen molar-refractivity contribution in [3.63, 3.8) is 0 Å². The highest BCUT2D eigenvalue weighted by Gasteiger charge is 2.38. The maximum absolute atomic E-state index is 12.2. The zero-order chi connectivity index (χ0) is 17.1. The van der Waals surface area contributed by atoms with Gasteiger partial charge in [-0.2, -0.15) is 0 Å². The van der Waals surface area contributed by atoms with Gasteiger partial charge in [0, 0.05) is 26.1 Å². The van der Waals surface area contributed by atoms with Crippen molar-refractivity contribution in [3.05, 3.63) is 35.9 Å². The summed E-state index contributed by atoms with van der Waals surface area (Å²) >= 11 is 0. The summed E-state index contributed by atoms with van der Waals surface area (Å²) in [5, 5.41) is 0.237. The van der Waals surface area contributed by atoms with Crippen LogP contribution in [0.15, 0.2) is 30.3 Å². The zero-order valence-corrected chi connectivity index (χ0v) is 16.3. The number of hydrogen-bond acceptors (Lipinski definition) is 2. The normalized spacial score (nSPS) is 20.0. The topological polar surface area (TPSA) is 29.5 Å². The summed E-state index contributed by atoms with van der Waals surface area (Å²) in [6, 6.07) is 10.2. The first kappa shape index (κ1) is 18.2. The number of rotatable bonds is 5. The Kier molecular flexibility index (Phi) is 5.68. The molecule has 1 aromatic carbocycles. The lowest BCUT2D eigenvalue weighted by molar-refractivity contribution is -0.135. The summed E-state index contributed by atoms with van der Waals surface area (Å²) in [4.78, 5) is 14.2. The van der Waals surface area contributed by atoms with Crippen molar-refractivity contribution in [3.8, 4) is 0 Å². The molecule has 0 bridgehead atoms. The maximum Gasteiger partial charge on any atom is 0.222 e. The molecule has 1 saturated heterocycles. The van der Waals surface area contributed by atoms with Crippen LogP contribution in [0.2, 0.25) is 18.1 Å². The number of amides is 1. The Labute approximate surface area is 142 Å². The van der Waals surface area contributed by atoms with Gasteiger partial charge in [-0.05, 0) is 36.0 Å². The van der Waals surface area contributed by atoms with Crippen LogP contribution >= 0.6 is 0 Å². The van der Waals surface area contributed by atoms with E-state index in [1.165, 1.54) is 5.56 Å². The Balaban J connectivity index is 1.91. The Morgan fingerprint density at radius 3 is 2.48 bits per heavy atom. The van der Waals surface area contributed by atoms with Crippen molar-refractivity contribution in [2.24, 2.45) is 5.92 Å². The molecule has 1 aliphatic rings. The molecule has 1 heterocycles. The van der Waals surface area contributed by atoms with Crippen LogP contribution in [-0.4, -0.2) is 32.3 Å². The van der Waals surface area contributed by atoms with Gasteiger partial charge in [-0.25, -0.2) is 0 Å². The molecule has 0 N–H and O–H groups in total. The molecule has 3 nitrogen and oxygen atoms in total. The summed E-state index contributed by atoms with van der Waals surface area (Å²) in [5.41, 5.74) is 1.20. The number of nitrogens with zero attached hydrogens (tertiary/aromatic N) is 1. The highest BCUT2D eigenvalue weighted by atomic mass is 28.4. The first-order valence-electron chi connectivity index (χ1n) is 8.65. The van der Waals surface area contributed by atoms with E-state index in [0.29, 0.717) is 12.3 Å². The number of hydrogen-bond donors (Lipinski definition) is 0. The van der Waals surface area contributed by atoms with Gasteiger partial charge in [-0.3, -0.25) is 4.79 Å². The highest BCUT2D eigenvalue weighted by Crippen LogP contribution is 2.37. The van der Waals surface area contributed by atoms with Crippen LogP contribution in [0.4, 0.5) is 0 Å². The average Bonchev–Trinajstić information content (AvgIpc) is 2.48. The third-order valence-corrected chi connectivity index (χ3v) is 9.80. The van der Waals surface area contributed by atoms with Crippen LogP contribution in [0.1, 0.15) is 39.2 Å². The van der Waals surface area contributed by atoms with Gasteiger partial charge in [0.1, 0.15) is 0 Å². The molecule has 1 aliphatic heterocycles. The molecule has 128 valence electrons. The molecule has 1 aromatic rings. The largest absolute Gasteiger partial charge is 0.416 e. The van der Waals surface area contributed by atoms with Crippen LogP contribution in [0.3, 0.4) is 0 Å². The van der Waals surface area contributed by atoms with Crippen molar-refractivity contribution in [2.45, 2.75) is 58.3 Å². The molecule has 1 amide bonds. The third kappa shape index (κ3) is 4.92. The van der Waals surface area contributed by atoms with E-state index in [4.69, 9.17) is 4.43 Å². The van der Waals surface area contributed by atoms with E-state index in [2.05, 4.69) is 46.0 Å². The van der Waals surface area contributed by atoms with Crippen molar-refractivity contribution >= 4 is 14.2 Å².